The van der Waals surface area contributed by atoms with E-state index >= 15 is 0 Å². The SMILES string of the molecule is CC(=O)c1ccc2c(c1)[C@@H]1[C@@H]3CC[C@@H]3[C@@H]3[C@@H]2[C@H]13. The molecule has 0 saturated heterocycles. The molecule has 0 aliphatic heterocycles. The Hall–Kier alpha value is -1.11. The molecule has 86 valence electrons. The molecular formula is C16H16O. The highest BCUT2D eigenvalue weighted by atomic mass is 16.1. The summed E-state index contributed by atoms with van der Waals surface area (Å²) in [5, 5.41) is 0. The second kappa shape index (κ2) is 2.50. The van der Waals surface area contributed by atoms with E-state index in [1.54, 1.807) is 18.1 Å². The maximum atomic E-state index is 11.5. The van der Waals surface area contributed by atoms with Crippen molar-refractivity contribution in [2.75, 3.05) is 0 Å². The first-order valence-corrected chi connectivity index (χ1v) is 6.92. The Balaban J connectivity index is 1.69. The molecule has 0 unspecified atom stereocenters. The second-order valence-corrected chi connectivity index (χ2v) is 6.51. The molecule has 0 spiro atoms. The number of fused-ring (bicyclic) bond motifs is 7. The lowest BCUT2D eigenvalue weighted by Gasteiger charge is -2.36. The summed E-state index contributed by atoms with van der Waals surface area (Å²) < 4.78 is 0. The van der Waals surface area contributed by atoms with Gasteiger partial charge in [0.05, 0.1) is 0 Å². The number of hydrogen-bond donors (Lipinski definition) is 0. The molecule has 4 aliphatic rings. The normalized spacial score (nSPS) is 46.9. The quantitative estimate of drug-likeness (QED) is 0.668. The van der Waals surface area contributed by atoms with E-state index in [4.69, 9.17) is 0 Å². The smallest absolute Gasteiger partial charge is 0.159 e. The lowest BCUT2D eigenvalue weighted by molar-refractivity contribution is 0.101. The molecule has 0 heterocycles. The first-order valence-electron chi connectivity index (χ1n) is 6.92. The highest BCUT2D eigenvalue weighted by molar-refractivity contribution is 5.94. The zero-order valence-electron chi connectivity index (χ0n) is 10.0. The molecule has 1 aromatic rings. The van der Waals surface area contributed by atoms with Crippen LogP contribution in [0.1, 0.15) is 53.1 Å². The van der Waals surface area contributed by atoms with Crippen molar-refractivity contribution in [3.05, 3.63) is 34.9 Å². The van der Waals surface area contributed by atoms with E-state index in [1.165, 1.54) is 12.8 Å². The fourth-order valence-corrected chi connectivity index (χ4v) is 5.37. The average Bonchev–Trinajstić information content (AvgIpc) is 2.81. The fraction of sp³-hybridized carbons (Fsp3) is 0.562. The second-order valence-electron chi connectivity index (χ2n) is 6.51. The first-order chi connectivity index (χ1) is 8.27. The van der Waals surface area contributed by atoms with E-state index in [2.05, 4.69) is 12.1 Å². The van der Waals surface area contributed by atoms with Gasteiger partial charge >= 0.3 is 0 Å². The summed E-state index contributed by atoms with van der Waals surface area (Å²) in [5.41, 5.74) is 4.07. The van der Waals surface area contributed by atoms with Gasteiger partial charge in [0.1, 0.15) is 0 Å². The van der Waals surface area contributed by atoms with Crippen LogP contribution in [0.15, 0.2) is 18.2 Å². The van der Waals surface area contributed by atoms with Gasteiger partial charge in [-0.05, 0) is 72.5 Å². The Morgan fingerprint density at radius 3 is 2.59 bits per heavy atom. The molecule has 5 rings (SSSR count). The van der Waals surface area contributed by atoms with Crippen molar-refractivity contribution >= 4 is 5.78 Å². The molecule has 0 aromatic heterocycles. The fourth-order valence-electron chi connectivity index (χ4n) is 5.37. The van der Waals surface area contributed by atoms with Crippen LogP contribution in [0.5, 0.6) is 0 Å². The van der Waals surface area contributed by atoms with Crippen LogP contribution >= 0.6 is 0 Å². The largest absolute Gasteiger partial charge is 0.295 e. The third-order valence-corrected chi connectivity index (χ3v) is 6.10. The van der Waals surface area contributed by atoms with Gasteiger partial charge in [-0.2, -0.15) is 0 Å². The van der Waals surface area contributed by atoms with Crippen LogP contribution in [-0.2, 0) is 0 Å². The predicted octanol–water partition coefficient (Wildman–Crippen LogP) is 3.36. The van der Waals surface area contributed by atoms with Crippen LogP contribution in [0, 0.1) is 23.7 Å². The average molecular weight is 224 g/mol. The molecule has 0 amide bonds. The van der Waals surface area contributed by atoms with E-state index < -0.39 is 0 Å². The molecule has 6 atom stereocenters. The lowest BCUT2D eigenvalue weighted by atomic mass is 9.69. The Morgan fingerprint density at radius 2 is 1.88 bits per heavy atom. The van der Waals surface area contributed by atoms with Crippen molar-refractivity contribution in [3.8, 4) is 0 Å². The standard InChI is InChI=1S/C16H16O/c1-7(17)8-2-3-11-12(6-8)13-9-4-5-10(9)14-15(11)16(13)14/h2-3,6,9-10,13-16H,4-5H2,1H3/t9-,10+,13+,14-,15-,16-/m1/s1. The van der Waals surface area contributed by atoms with Gasteiger partial charge in [0.2, 0.25) is 0 Å². The topological polar surface area (TPSA) is 17.1 Å². The molecule has 0 radical (unpaired) electrons. The number of carbonyl (C=O) groups is 1. The van der Waals surface area contributed by atoms with Crippen molar-refractivity contribution in [2.24, 2.45) is 23.7 Å². The Labute approximate surface area is 101 Å². The molecule has 1 heteroatoms. The molecule has 0 N–H and O–H groups in total. The summed E-state index contributed by atoms with van der Waals surface area (Å²) in [4.78, 5) is 11.5. The van der Waals surface area contributed by atoms with Gasteiger partial charge in [0, 0.05) is 5.56 Å². The minimum absolute atomic E-state index is 0.216. The van der Waals surface area contributed by atoms with Crippen molar-refractivity contribution in [3.63, 3.8) is 0 Å². The third-order valence-electron chi connectivity index (χ3n) is 6.10. The van der Waals surface area contributed by atoms with E-state index in [0.29, 0.717) is 0 Å². The maximum Gasteiger partial charge on any atom is 0.159 e. The summed E-state index contributed by atoms with van der Waals surface area (Å²) in [5.74, 6) is 5.97. The predicted molar refractivity (Wildman–Crippen MR) is 65.1 cm³/mol. The van der Waals surface area contributed by atoms with E-state index in [1.807, 2.05) is 6.07 Å². The molecule has 0 bridgehead atoms. The number of carbonyl (C=O) groups excluding carboxylic acids is 1. The van der Waals surface area contributed by atoms with Crippen LogP contribution in [0.3, 0.4) is 0 Å². The molecular weight excluding hydrogens is 208 g/mol. The number of Topliss-reactive ketones (excluding diaryl/α,β-unsaturated/α-hetero) is 1. The highest BCUT2D eigenvalue weighted by Crippen LogP contribution is 2.81. The van der Waals surface area contributed by atoms with Gasteiger partial charge in [-0.15, -0.1) is 0 Å². The van der Waals surface area contributed by atoms with Gasteiger partial charge in [-0.3, -0.25) is 4.79 Å². The van der Waals surface area contributed by atoms with Crippen molar-refractivity contribution in [1.29, 1.82) is 0 Å². The Bertz CT molecular complexity index is 559. The number of ketones is 1. The summed E-state index contributed by atoms with van der Waals surface area (Å²) in [6, 6.07) is 6.52. The number of rotatable bonds is 1. The van der Waals surface area contributed by atoms with Crippen molar-refractivity contribution in [2.45, 2.75) is 31.6 Å². The van der Waals surface area contributed by atoms with Gasteiger partial charge in [0.15, 0.2) is 5.78 Å². The highest BCUT2D eigenvalue weighted by Gasteiger charge is 2.73. The van der Waals surface area contributed by atoms with Crippen molar-refractivity contribution in [1.82, 2.24) is 0 Å². The first kappa shape index (κ1) is 8.91. The zero-order chi connectivity index (χ0) is 11.3. The van der Waals surface area contributed by atoms with Gasteiger partial charge in [-0.1, -0.05) is 12.1 Å². The van der Waals surface area contributed by atoms with Crippen LogP contribution in [0.4, 0.5) is 0 Å². The molecule has 1 nitrogen and oxygen atoms in total. The van der Waals surface area contributed by atoms with Gasteiger partial charge in [0.25, 0.3) is 0 Å². The van der Waals surface area contributed by atoms with Gasteiger partial charge < -0.3 is 0 Å². The minimum atomic E-state index is 0.216. The summed E-state index contributed by atoms with van der Waals surface area (Å²) >= 11 is 0. The monoisotopic (exact) mass is 224 g/mol. The van der Waals surface area contributed by atoms with Crippen LogP contribution in [-0.4, -0.2) is 5.78 Å². The Kier molecular flexibility index (Phi) is 1.31. The third kappa shape index (κ3) is 0.821. The summed E-state index contributed by atoms with van der Waals surface area (Å²) in [6.45, 7) is 1.68. The summed E-state index contributed by atoms with van der Waals surface area (Å²) in [6.07, 6.45) is 2.92. The van der Waals surface area contributed by atoms with Crippen molar-refractivity contribution < 1.29 is 4.79 Å². The maximum absolute atomic E-state index is 11.5. The Morgan fingerprint density at radius 1 is 1.06 bits per heavy atom. The van der Waals surface area contributed by atoms with E-state index in [9.17, 15) is 4.79 Å². The molecule has 1 aromatic carbocycles. The number of hydrogen-bond acceptors (Lipinski definition) is 1. The molecule has 17 heavy (non-hydrogen) atoms. The van der Waals surface area contributed by atoms with E-state index in [-0.39, 0.29) is 5.78 Å². The van der Waals surface area contributed by atoms with E-state index in [0.717, 1.165) is 41.1 Å². The number of benzene rings is 1. The zero-order valence-corrected chi connectivity index (χ0v) is 10.0. The minimum Gasteiger partial charge on any atom is -0.295 e. The van der Waals surface area contributed by atoms with Crippen LogP contribution in [0.2, 0.25) is 0 Å². The summed E-state index contributed by atoms with van der Waals surface area (Å²) in [7, 11) is 0. The van der Waals surface area contributed by atoms with Gasteiger partial charge in [-0.25, -0.2) is 0 Å². The molecule has 3 fully saturated rings. The molecule has 4 aliphatic carbocycles. The molecule has 3 saturated carbocycles. The van der Waals surface area contributed by atoms with Crippen LogP contribution < -0.4 is 0 Å². The van der Waals surface area contributed by atoms with Crippen LogP contribution in [0.25, 0.3) is 0 Å². The lowest BCUT2D eigenvalue weighted by Crippen LogP contribution is -2.26.